The lowest BCUT2D eigenvalue weighted by Gasteiger charge is -2.26. The number of rotatable bonds is 6. The van der Waals surface area contributed by atoms with Gasteiger partial charge in [0.2, 0.25) is 15.9 Å². The highest BCUT2D eigenvalue weighted by Crippen LogP contribution is 2.30. The van der Waals surface area contributed by atoms with Crippen LogP contribution in [0.25, 0.3) is 10.9 Å². The zero-order chi connectivity index (χ0) is 28.5. The Balaban J connectivity index is 1.51. The van der Waals surface area contributed by atoms with E-state index in [9.17, 15) is 18.0 Å². The number of aromatic nitrogens is 1. The van der Waals surface area contributed by atoms with E-state index >= 15 is 0 Å². The SMILES string of the molecule is Cc1cc(NC(=O)OC(C)(C)C)ccc1NC(=O)C(C)n1cc(C)c2cc(S(=O)(=O)N3CCCCC3)ccc21. The molecule has 39 heavy (non-hydrogen) atoms. The van der Waals surface area contributed by atoms with E-state index in [1.807, 2.05) is 24.6 Å². The first-order valence-corrected chi connectivity index (χ1v) is 14.7. The monoisotopic (exact) mass is 554 g/mol. The lowest BCUT2D eigenvalue weighted by Crippen LogP contribution is -2.35. The van der Waals surface area contributed by atoms with Gasteiger partial charge in [-0.15, -0.1) is 0 Å². The molecule has 2 N–H and O–H groups in total. The van der Waals surface area contributed by atoms with Crippen LogP contribution in [0.15, 0.2) is 47.5 Å². The summed E-state index contributed by atoms with van der Waals surface area (Å²) in [6.45, 7) is 12.1. The summed E-state index contributed by atoms with van der Waals surface area (Å²) in [4.78, 5) is 25.6. The number of anilines is 2. The summed E-state index contributed by atoms with van der Waals surface area (Å²) in [6, 6.07) is 9.79. The molecule has 2 aromatic carbocycles. The number of nitrogens with zero attached hydrogens (tertiary/aromatic N) is 2. The number of ether oxygens (including phenoxy) is 1. The Morgan fingerprint density at radius 1 is 0.949 bits per heavy atom. The van der Waals surface area contributed by atoms with Gasteiger partial charge in [-0.2, -0.15) is 4.31 Å². The molecule has 0 saturated carbocycles. The maximum absolute atomic E-state index is 13.2. The van der Waals surface area contributed by atoms with Gasteiger partial charge in [0.25, 0.3) is 0 Å². The van der Waals surface area contributed by atoms with Crippen LogP contribution in [0.1, 0.15) is 64.1 Å². The van der Waals surface area contributed by atoms with E-state index in [4.69, 9.17) is 4.74 Å². The van der Waals surface area contributed by atoms with Crippen LogP contribution in [0.2, 0.25) is 0 Å². The van der Waals surface area contributed by atoms with Crippen LogP contribution in [-0.4, -0.2) is 48.0 Å². The summed E-state index contributed by atoms with van der Waals surface area (Å²) in [7, 11) is -3.55. The zero-order valence-electron chi connectivity index (χ0n) is 23.5. The van der Waals surface area contributed by atoms with Gasteiger partial charge in [0.1, 0.15) is 11.6 Å². The van der Waals surface area contributed by atoms with Crippen molar-refractivity contribution in [1.29, 1.82) is 0 Å². The molecule has 1 aliphatic heterocycles. The minimum atomic E-state index is -3.55. The van der Waals surface area contributed by atoms with Crippen LogP contribution in [-0.2, 0) is 19.6 Å². The summed E-state index contributed by atoms with van der Waals surface area (Å²) in [5.74, 6) is -0.215. The number of hydrogen-bond acceptors (Lipinski definition) is 5. The van der Waals surface area contributed by atoms with Crippen molar-refractivity contribution in [2.75, 3.05) is 23.7 Å². The lowest BCUT2D eigenvalue weighted by molar-refractivity contribution is -0.118. The Labute approximate surface area is 230 Å². The zero-order valence-corrected chi connectivity index (χ0v) is 24.3. The van der Waals surface area contributed by atoms with Crippen molar-refractivity contribution < 1.29 is 22.7 Å². The molecular weight excluding hydrogens is 516 g/mol. The number of carbonyl (C=O) groups is 2. The first kappa shape index (κ1) is 28.6. The third-order valence-corrected chi connectivity index (χ3v) is 8.78. The Bertz CT molecular complexity index is 1500. The van der Waals surface area contributed by atoms with Crippen molar-refractivity contribution in [3.63, 3.8) is 0 Å². The number of sulfonamides is 1. The lowest BCUT2D eigenvalue weighted by atomic mass is 10.1. The van der Waals surface area contributed by atoms with E-state index in [0.29, 0.717) is 24.5 Å². The van der Waals surface area contributed by atoms with Crippen LogP contribution >= 0.6 is 0 Å². The van der Waals surface area contributed by atoms with E-state index < -0.39 is 27.8 Å². The van der Waals surface area contributed by atoms with Gasteiger partial charge in [-0.25, -0.2) is 13.2 Å². The molecule has 2 heterocycles. The van der Waals surface area contributed by atoms with Crippen LogP contribution in [0.5, 0.6) is 0 Å². The molecule has 2 amide bonds. The number of fused-ring (bicyclic) bond motifs is 1. The number of aryl methyl sites for hydroxylation is 2. The van der Waals surface area contributed by atoms with Gasteiger partial charge >= 0.3 is 6.09 Å². The highest BCUT2D eigenvalue weighted by Gasteiger charge is 2.27. The number of nitrogens with one attached hydrogen (secondary N) is 2. The number of amides is 2. The fourth-order valence-electron chi connectivity index (χ4n) is 4.81. The predicted octanol–water partition coefficient (Wildman–Crippen LogP) is 5.98. The Morgan fingerprint density at radius 3 is 2.28 bits per heavy atom. The minimum Gasteiger partial charge on any atom is -0.444 e. The Morgan fingerprint density at radius 2 is 1.64 bits per heavy atom. The molecule has 1 atom stereocenters. The molecule has 0 radical (unpaired) electrons. The van der Waals surface area contributed by atoms with Crippen molar-refractivity contribution in [1.82, 2.24) is 8.87 Å². The van der Waals surface area contributed by atoms with E-state index in [1.165, 1.54) is 0 Å². The molecule has 1 fully saturated rings. The van der Waals surface area contributed by atoms with Crippen LogP contribution < -0.4 is 10.6 Å². The van der Waals surface area contributed by atoms with Crippen LogP contribution in [0, 0.1) is 13.8 Å². The molecule has 0 bridgehead atoms. The standard InChI is InChI=1S/C29H38N4O5S/c1-19-16-22(30-28(35)38-29(4,5)6)10-12-25(19)31-27(34)21(3)33-18-20(2)24-17-23(11-13-26(24)33)39(36,37)32-14-8-7-9-15-32/h10-13,16-18,21H,7-9,14-15H2,1-6H3,(H,30,35)(H,31,34). The maximum atomic E-state index is 13.2. The summed E-state index contributed by atoms with van der Waals surface area (Å²) in [6.07, 6.45) is 4.15. The first-order chi connectivity index (χ1) is 18.3. The van der Waals surface area contributed by atoms with Crippen LogP contribution in [0.3, 0.4) is 0 Å². The van der Waals surface area contributed by atoms with Crippen molar-refractivity contribution in [2.45, 2.75) is 77.3 Å². The second-order valence-corrected chi connectivity index (χ2v) is 13.1. The quantitative estimate of drug-likeness (QED) is 0.390. The highest BCUT2D eigenvalue weighted by atomic mass is 32.2. The Kier molecular flexibility index (Phi) is 8.09. The van der Waals surface area contributed by atoms with Gasteiger partial charge in [0.15, 0.2) is 0 Å². The Hall–Kier alpha value is -3.37. The van der Waals surface area contributed by atoms with Crippen molar-refractivity contribution in [3.8, 4) is 0 Å². The van der Waals surface area contributed by atoms with Crippen LogP contribution in [0.4, 0.5) is 16.2 Å². The largest absolute Gasteiger partial charge is 0.444 e. The van der Waals surface area contributed by atoms with Crippen molar-refractivity contribution in [3.05, 3.63) is 53.7 Å². The number of carbonyl (C=O) groups excluding carboxylic acids is 2. The molecule has 4 rings (SSSR count). The molecule has 1 saturated heterocycles. The summed E-state index contributed by atoms with van der Waals surface area (Å²) >= 11 is 0. The highest BCUT2D eigenvalue weighted by molar-refractivity contribution is 7.89. The van der Waals surface area contributed by atoms with Crippen molar-refractivity contribution in [2.24, 2.45) is 0 Å². The van der Waals surface area contributed by atoms with E-state index in [-0.39, 0.29) is 10.8 Å². The molecule has 0 spiro atoms. The van der Waals surface area contributed by atoms with E-state index in [1.54, 1.807) is 68.4 Å². The summed E-state index contributed by atoms with van der Waals surface area (Å²) in [5.41, 5.74) is 3.06. The minimum absolute atomic E-state index is 0.215. The fourth-order valence-corrected chi connectivity index (χ4v) is 6.35. The maximum Gasteiger partial charge on any atom is 0.412 e. The normalized spacial score (nSPS) is 15.6. The second-order valence-electron chi connectivity index (χ2n) is 11.2. The smallest absolute Gasteiger partial charge is 0.412 e. The van der Waals surface area contributed by atoms with Gasteiger partial charge in [-0.1, -0.05) is 6.42 Å². The number of hydrogen-bond donors (Lipinski definition) is 2. The molecular formula is C29H38N4O5S. The third kappa shape index (κ3) is 6.45. The summed E-state index contributed by atoms with van der Waals surface area (Å²) < 4.78 is 35.1. The second kappa shape index (κ2) is 11.0. The van der Waals surface area contributed by atoms with E-state index in [0.717, 1.165) is 41.3 Å². The van der Waals surface area contributed by atoms with Gasteiger partial charge in [-0.05, 0) is 102 Å². The molecule has 1 unspecified atom stereocenters. The van der Waals surface area contributed by atoms with E-state index in [2.05, 4.69) is 10.6 Å². The molecule has 1 aliphatic rings. The number of benzene rings is 2. The van der Waals surface area contributed by atoms with Gasteiger partial charge in [0.05, 0.1) is 4.90 Å². The average Bonchev–Trinajstić information content (AvgIpc) is 3.20. The first-order valence-electron chi connectivity index (χ1n) is 13.3. The fraction of sp³-hybridized carbons (Fsp3) is 0.448. The van der Waals surface area contributed by atoms with Gasteiger partial charge in [0, 0.05) is 41.6 Å². The molecule has 3 aromatic rings. The summed E-state index contributed by atoms with van der Waals surface area (Å²) in [5, 5.41) is 6.48. The van der Waals surface area contributed by atoms with Crippen molar-refractivity contribution >= 4 is 44.3 Å². The molecule has 10 heteroatoms. The molecule has 0 aliphatic carbocycles. The van der Waals surface area contributed by atoms with Gasteiger partial charge in [-0.3, -0.25) is 10.1 Å². The molecule has 1 aromatic heterocycles. The average molecular weight is 555 g/mol. The topological polar surface area (TPSA) is 110 Å². The predicted molar refractivity (Wildman–Crippen MR) is 154 cm³/mol. The number of piperidine rings is 1. The third-order valence-electron chi connectivity index (χ3n) is 6.88. The van der Waals surface area contributed by atoms with Gasteiger partial charge < -0.3 is 14.6 Å². The molecule has 210 valence electrons. The molecule has 9 nitrogen and oxygen atoms in total.